The third kappa shape index (κ3) is 2.28. The van der Waals surface area contributed by atoms with Gasteiger partial charge < -0.3 is 20.7 Å². The van der Waals surface area contributed by atoms with Gasteiger partial charge >= 0.3 is 0 Å². The van der Waals surface area contributed by atoms with Crippen LogP contribution in [0, 0.1) is 0 Å². The number of hydrogen-bond donors (Lipinski definition) is 2. The minimum absolute atomic E-state index is 0.125. The van der Waals surface area contributed by atoms with Crippen molar-refractivity contribution in [1.29, 1.82) is 0 Å². The van der Waals surface area contributed by atoms with E-state index in [9.17, 15) is 9.59 Å². The number of carbonyl (C=O) groups excluding carboxylic acids is 2. The van der Waals surface area contributed by atoms with Crippen LogP contribution in [0.4, 0.5) is 5.69 Å². The van der Waals surface area contributed by atoms with Crippen LogP contribution >= 0.6 is 0 Å². The van der Waals surface area contributed by atoms with Crippen molar-refractivity contribution < 1.29 is 14.3 Å². The van der Waals surface area contributed by atoms with Gasteiger partial charge in [0.15, 0.2) is 6.10 Å². The van der Waals surface area contributed by atoms with E-state index in [4.69, 9.17) is 10.5 Å². The highest BCUT2D eigenvalue weighted by Gasteiger charge is 2.32. The van der Waals surface area contributed by atoms with E-state index in [1.165, 1.54) is 4.90 Å². The first-order chi connectivity index (χ1) is 8.63. The van der Waals surface area contributed by atoms with Crippen LogP contribution < -0.4 is 20.7 Å². The molecule has 18 heavy (non-hydrogen) atoms. The van der Waals surface area contributed by atoms with Crippen LogP contribution in [0.3, 0.4) is 0 Å². The Labute approximate surface area is 105 Å². The average Bonchev–Trinajstić information content (AvgIpc) is 2.37. The molecule has 2 amide bonds. The summed E-state index contributed by atoms with van der Waals surface area (Å²) < 4.78 is 5.46. The van der Waals surface area contributed by atoms with Gasteiger partial charge in [0, 0.05) is 0 Å². The standard InChI is InChI=1S/C12H15N3O3/c1-14-6-11(16)15-7-10(12(13)17)18-9-5-3-2-4-8(9)15/h2-5,10,14H,6-7H2,1H3,(H2,13,17). The van der Waals surface area contributed by atoms with Crippen molar-refractivity contribution in [1.82, 2.24) is 5.32 Å². The summed E-state index contributed by atoms with van der Waals surface area (Å²) in [6.45, 7) is 0.340. The van der Waals surface area contributed by atoms with Gasteiger partial charge in [-0.2, -0.15) is 0 Å². The molecule has 1 aromatic rings. The number of primary amides is 1. The number of benzene rings is 1. The lowest BCUT2D eigenvalue weighted by Crippen LogP contribution is -2.51. The van der Waals surface area contributed by atoms with E-state index in [2.05, 4.69) is 5.32 Å². The largest absolute Gasteiger partial charge is 0.477 e. The fourth-order valence-corrected chi connectivity index (χ4v) is 1.87. The number of amides is 2. The van der Waals surface area contributed by atoms with Crippen molar-refractivity contribution in [3.05, 3.63) is 24.3 Å². The van der Waals surface area contributed by atoms with Crippen LogP contribution in [0.5, 0.6) is 5.75 Å². The summed E-state index contributed by atoms with van der Waals surface area (Å²) in [5, 5.41) is 2.79. The number of nitrogens with two attached hydrogens (primary N) is 1. The Balaban J connectivity index is 2.33. The van der Waals surface area contributed by atoms with Gasteiger partial charge in [-0.05, 0) is 19.2 Å². The molecular weight excluding hydrogens is 234 g/mol. The topological polar surface area (TPSA) is 84.7 Å². The van der Waals surface area contributed by atoms with E-state index in [1.807, 2.05) is 6.07 Å². The summed E-state index contributed by atoms with van der Waals surface area (Å²) in [4.78, 5) is 24.7. The van der Waals surface area contributed by atoms with Gasteiger partial charge in [-0.1, -0.05) is 12.1 Å². The first kappa shape index (κ1) is 12.4. The first-order valence-corrected chi connectivity index (χ1v) is 5.63. The fraction of sp³-hybridized carbons (Fsp3) is 0.333. The van der Waals surface area contributed by atoms with Gasteiger partial charge in [-0.15, -0.1) is 0 Å². The van der Waals surface area contributed by atoms with Crippen LogP contribution in [0.2, 0.25) is 0 Å². The van der Waals surface area contributed by atoms with Crippen LogP contribution in [-0.4, -0.2) is 38.1 Å². The van der Waals surface area contributed by atoms with E-state index in [0.717, 1.165) is 0 Å². The number of rotatable bonds is 3. The van der Waals surface area contributed by atoms with Gasteiger partial charge in [0.25, 0.3) is 5.91 Å². The number of hydrogen-bond acceptors (Lipinski definition) is 4. The summed E-state index contributed by atoms with van der Waals surface area (Å²) in [7, 11) is 1.69. The second kappa shape index (κ2) is 5.05. The summed E-state index contributed by atoms with van der Waals surface area (Å²) in [5.41, 5.74) is 5.91. The van der Waals surface area contributed by atoms with Gasteiger partial charge in [0.1, 0.15) is 5.75 Å². The van der Waals surface area contributed by atoms with Gasteiger partial charge in [-0.3, -0.25) is 9.59 Å². The van der Waals surface area contributed by atoms with Gasteiger partial charge in [0.2, 0.25) is 5.91 Å². The number of likely N-dealkylation sites (N-methyl/N-ethyl adjacent to an activating group) is 1. The molecule has 0 radical (unpaired) electrons. The molecule has 1 aliphatic heterocycles. The Morgan fingerprint density at radius 2 is 2.22 bits per heavy atom. The van der Waals surface area contributed by atoms with Crippen LogP contribution in [0.15, 0.2) is 24.3 Å². The number of nitrogens with zero attached hydrogens (tertiary/aromatic N) is 1. The lowest BCUT2D eigenvalue weighted by atomic mass is 10.1. The van der Waals surface area contributed by atoms with Crippen LogP contribution in [0.25, 0.3) is 0 Å². The zero-order valence-corrected chi connectivity index (χ0v) is 10.1. The van der Waals surface area contributed by atoms with Crippen molar-refractivity contribution >= 4 is 17.5 Å². The summed E-state index contributed by atoms with van der Waals surface area (Å²) in [5.74, 6) is -0.205. The van der Waals surface area contributed by atoms with E-state index in [0.29, 0.717) is 11.4 Å². The SMILES string of the molecule is CNCC(=O)N1CC(C(N)=O)Oc2ccccc21. The maximum Gasteiger partial charge on any atom is 0.260 e. The Kier molecular flexibility index (Phi) is 3.47. The van der Waals surface area contributed by atoms with E-state index < -0.39 is 12.0 Å². The molecule has 2 rings (SSSR count). The second-order valence-corrected chi connectivity index (χ2v) is 4.01. The zero-order valence-electron chi connectivity index (χ0n) is 10.1. The molecule has 0 saturated heterocycles. The molecule has 3 N–H and O–H groups in total. The number of carbonyl (C=O) groups is 2. The molecule has 1 aromatic carbocycles. The minimum atomic E-state index is -0.805. The number of nitrogens with one attached hydrogen (secondary N) is 1. The fourth-order valence-electron chi connectivity index (χ4n) is 1.87. The smallest absolute Gasteiger partial charge is 0.260 e. The van der Waals surface area contributed by atoms with Crippen LogP contribution in [0.1, 0.15) is 0 Å². The highest BCUT2D eigenvalue weighted by atomic mass is 16.5. The zero-order chi connectivity index (χ0) is 13.1. The predicted octanol–water partition coefficient (Wildman–Crippen LogP) is -0.515. The van der Waals surface area contributed by atoms with Crippen molar-refractivity contribution in [2.75, 3.05) is 25.0 Å². The van der Waals surface area contributed by atoms with Gasteiger partial charge in [-0.25, -0.2) is 0 Å². The Bertz CT molecular complexity index is 475. The summed E-state index contributed by atoms with van der Waals surface area (Å²) in [6.07, 6.45) is -0.805. The summed E-state index contributed by atoms with van der Waals surface area (Å²) >= 11 is 0. The molecule has 1 unspecified atom stereocenters. The lowest BCUT2D eigenvalue weighted by molar-refractivity contribution is -0.125. The van der Waals surface area contributed by atoms with E-state index in [1.54, 1.807) is 25.2 Å². The molecule has 0 spiro atoms. The number of anilines is 1. The molecule has 0 bridgehead atoms. The Hall–Kier alpha value is -2.08. The molecule has 1 atom stereocenters. The number of fused-ring (bicyclic) bond motifs is 1. The Morgan fingerprint density at radius 3 is 2.89 bits per heavy atom. The van der Waals surface area contributed by atoms with E-state index >= 15 is 0 Å². The molecule has 1 heterocycles. The molecule has 1 aliphatic rings. The Morgan fingerprint density at radius 1 is 1.50 bits per heavy atom. The van der Waals surface area contributed by atoms with Crippen molar-refractivity contribution in [3.8, 4) is 5.75 Å². The molecule has 0 saturated carbocycles. The normalized spacial score (nSPS) is 17.8. The molecule has 0 aromatic heterocycles. The highest BCUT2D eigenvalue weighted by Crippen LogP contribution is 2.32. The van der Waals surface area contributed by atoms with E-state index in [-0.39, 0.29) is 19.0 Å². The quantitative estimate of drug-likeness (QED) is 0.755. The van der Waals surface area contributed by atoms with Crippen molar-refractivity contribution in [2.45, 2.75) is 6.10 Å². The average molecular weight is 249 g/mol. The molecule has 6 nitrogen and oxygen atoms in total. The third-order valence-electron chi connectivity index (χ3n) is 2.72. The van der Waals surface area contributed by atoms with Crippen molar-refractivity contribution in [2.24, 2.45) is 5.73 Å². The highest BCUT2D eigenvalue weighted by molar-refractivity contribution is 5.98. The molecule has 0 aliphatic carbocycles. The molecular formula is C12H15N3O3. The van der Waals surface area contributed by atoms with Crippen LogP contribution in [-0.2, 0) is 9.59 Å². The van der Waals surface area contributed by atoms with Crippen molar-refractivity contribution in [3.63, 3.8) is 0 Å². The third-order valence-corrected chi connectivity index (χ3v) is 2.72. The molecule has 96 valence electrons. The minimum Gasteiger partial charge on any atom is -0.477 e. The maximum absolute atomic E-state index is 12.0. The number of ether oxygens (including phenoxy) is 1. The molecule has 6 heteroatoms. The monoisotopic (exact) mass is 249 g/mol. The lowest BCUT2D eigenvalue weighted by Gasteiger charge is -2.33. The predicted molar refractivity (Wildman–Crippen MR) is 66.3 cm³/mol. The molecule has 0 fully saturated rings. The second-order valence-electron chi connectivity index (χ2n) is 4.01. The first-order valence-electron chi connectivity index (χ1n) is 5.63. The summed E-state index contributed by atoms with van der Waals surface area (Å²) in [6, 6.07) is 7.08. The maximum atomic E-state index is 12.0. The number of para-hydroxylation sites is 2. The van der Waals surface area contributed by atoms with Gasteiger partial charge in [0.05, 0.1) is 18.8 Å².